The molecule has 0 heterocycles. The Morgan fingerprint density at radius 3 is 2.63 bits per heavy atom. The molecular formula is C13H19BrN2O2S. The second kappa shape index (κ2) is 6.35. The van der Waals surface area contributed by atoms with Gasteiger partial charge in [0, 0.05) is 17.6 Å². The minimum Gasteiger partial charge on any atom is -0.316 e. The third kappa shape index (κ3) is 3.78. The summed E-state index contributed by atoms with van der Waals surface area (Å²) in [6.45, 7) is 1.27. The van der Waals surface area contributed by atoms with E-state index in [4.69, 9.17) is 0 Å². The zero-order chi connectivity index (χ0) is 13.9. The molecule has 0 radical (unpaired) electrons. The lowest BCUT2D eigenvalue weighted by molar-refractivity contribution is 0.316. The van der Waals surface area contributed by atoms with Crippen molar-refractivity contribution in [2.75, 3.05) is 13.6 Å². The summed E-state index contributed by atoms with van der Waals surface area (Å²) in [5.74, 6) is 0.511. The van der Waals surface area contributed by atoms with Gasteiger partial charge in [-0.3, -0.25) is 0 Å². The van der Waals surface area contributed by atoms with Crippen LogP contribution in [0.5, 0.6) is 0 Å². The topological polar surface area (TPSA) is 58.2 Å². The van der Waals surface area contributed by atoms with Gasteiger partial charge in [-0.25, -0.2) is 13.1 Å². The van der Waals surface area contributed by atoms with Crippen LogP contribution in [0.2, 0.25) is 0 Å². The Morgan fingerprint density at radius 1 is 1.37 bits per heavy atom. The molecule has 1 aromatic rings. The molecule has 0 unspecified atom stereocenters. The first-order valence-corrected chi connectivity index (χ1v) is 8.73. The highest BCUT2D eigenvalue weighted by atomic mass is 79.9. The fourth-order valence-electron chi connectivity index (χ4n) is 2.08. The first kappa shape index (κ1) is 15.0. The molecule has 4 nitrogen and oxygen atoms in total. The molecule has 106 valence electrons. The van der Waals surface area contributed by atoms with E-state index < -0.39 is 10.0 Å². The zero-order valence-electron chi connectivity index (χ0n) is 10.9. The highest BCUT2D eigenvalue weighted by Gasteiger charge is 2.22. The van der Waals surface area contributed by atoms with Crippen molar-refractivity contribution in [1.82, 2.24) is 10.0 Å². The van der Waals surface area contributed by atoms with Crippen LogP contribution in [0, 0.1) is 5.92 Å². The molecule has 6 heteroatoms. The molecule has 1 aliphatic rings. The van der Waals surface area contributed by atoms with Crippen molar-refractivity contribution in [3.8, 4) is 0 Å². The van der Waals surface area contributed by atoms with Gasteiger partial charge < -0.3 is 5.32 Å². The van der Waals surface area contributed by atoms with Crippen molar-refractivity contribution in [2.24, 2.45) is 5.92 Å². The first-order valence-electron chi connectivity index (χ1n) is 6.45. The third-order valence-electron chi connectivity index (χ3n) is 3.45. The van der Waals surface area contributed by atoms with Gasteiger partial charge in [-0.15, -0.1) is 0 Å². The van der Waals surface area contributed by atoms with Crippen molar-refractivity contribution in [2.45, 2.75) is 30.7 Å². The number of rotatable bonds is 6. The molecule has 19 heavy (non-hydrogen) atoms. The average Bonchev–Trinajstić information content (AvgIpc) is 2.26. The summed E-state index contributed by atoms with van der Waals surface area (Å²) >= 11 is 3.34. The number of hydrogen-bond acceptors (Lipinski definition) is 3. The summed E-state index contributed by atoms with van der Waals surface area (Å²) in [6, 6.07) is 5.33. The molecule has 0 amide bonds. The Kier molecular flexibility index (Phi) is 5.00. The highest BCUT2D eigenvalue weighted by molar-refractivity contribution is 9.10. The average molecular weight is 347 g/mol. The fourth-order valence-corrected chi connectivity index (χ4v) is 4.32. The van der Waals surface area contributed by atoms with Crippen molar-refractivity contribution in [3.63, 3.8) is 0 Å². The first-order chi connectivity index (χ1) is 9.03. The van der Waals surface area contributed by atoms with Gasteiger partial charge in [0.2, 0.25) is 10.0 Å². The summed E-state index contributed by atoms with van der Waals surface area (Å²) < 4.78 is 27.7. The van der Waals surface area contributed by atoms with Crippen LogP contribution in [0.1, 0.15) is 24.8 Å². The summed E-state index contributed by atoms with van der Waals surface area (Å²) in [7, 11) is -1.55. The van der Waals surface area contributed by atoms with Crippen LogP contribution in [0.15, 0.2) is 27.6 Å². The maximum Gasteiger partial charge on any atom is 0.241 e. The normalized spacial score (nSPS) is 16.3. The SMILES string of the molecule is CNCc1ccc(S(=O)(=O)NCC2CCC2)c(Br)c1. The van der Waals surface area contributed by atoms with E-state index in [1.54, 1.807) is 6.07 Å². The summed E-state index contributed by atoms with van der Waals surface area (Å²) in [4.78, 5) is 0.312. The summed E-state index contributed by atoms with van der Waals surface area (Å²) in [6.07, 6.45) is 3.48. The largest absolute Gasteiger partial charge is 0.316 e. The Morgan fingerprint density at radius 2 is 2.11 bits per heavy atom. The molecule has 0 bridgehead atoms. The van der Waals surface area contributed by atoms with Crippen LogP contribution in [0.4, 0.5) is 0 Å². The van der Waals surface area contributed by atoms with Crippen LogP contribution < -0.4 is 10.0 Å². The van der Waals surface area contributed by atoms with Gasteiger partial charge in [0.05, 0.1) is 4.90 Å². The van der Waals surface area contributed by atoms with E-state index in [0.717, 1.165) is 18.4 Å². The molecule has 1 aromatic carbocycles. The van der Waals surface area contributed by atoms with Crippen LogP contribution in [-0.4, -0.2) is 22.0 Å². The van der Waals surface area contributed by atoms with Crippen LogP contribution in [0.25, 0.3) is 0 Å². The molecular weight excluding hydrogens is 328 g/mol. The van der Waals surface area contributed by atoms with Gasteiger partial charge in [0.25, 0.3) is 0 Å². The van der Waals surface area contributed by atoms with Gasteiger partial charge in [0.1, 0.15) is 0 Å². The Labute approximate surface area is 123 Å². The van der Waals surface area contributed by atoms with Crippen LogP contribution in [-0.2, 0) is 16.6 Å². The van der Waals surface area contributed by atoms with Gasteiger partial charge in [0.15, 0.2) is 0 Å². The molecule has 0 spiro atoms. The number of hydrogen-bond donors (Lipinski definition) is 2. The maximum atomic E-state index is 12.2. The predicted molar refractivity (Wildman–Crippen MR) is 79.4 cm³/mol. The summed E-state index contributed by atoms with van der Waals surface area (Å²) in [5.41, 5.74) is 1.05. The standard InChI is InChI=1S/C13H19BrN2O2S/c1-15-8-11-5-6-13(12(14)7-11)19(17,18)16-9-10-3-2-4-10/h5-7,10,15-16H,2-4,8-9H2,1H3. The van der Waals surface area contributed by atoms with E-state index >= 15 is 0 Å². The van der Waals surface area contributed by atoms with Crippen LogP contribution in [0.3, 0.4) is 0 Å². The predicted octanol–water partition coefficient (Wildman–Crippen LogP) is 2.25. The van der Waals surface area contributed by atoms with E-state index in [1.807, 2.05) is 19.2 Å². The molecule has 1 fully saturated rings. The highest BCUT2D eigenvalue weighted by Crippen LogP contribution is 2.27. The van der Waals surface area contributed by atoms with E-state index in [0.29, 0.717) is 28.4 Å². The fraction of sp³-hybridized carbons (Fsp3) is 0.538. The van der Waals surface area contributed by atoms with Crippen molar-refractivity contribution < 1.29 is 8.42 Å². The minimum absolute atomic E-state index is 0.312. The second-order valence-electron chi connectivity index (χ2n) is 4.94. The molecule has 0 aliphatic heterocycles. The summed E-state index contributed by atoms with van der Waals surface area (Å²) in [5, 5.41) is 3.04. The molecule has 1 saturated carbocycles. The molecule has 0 atom stereocenters. The van der Waals surface area contributed by atoms with Gasteiger partial charge >= 0.3 is 0 Å². The van der Waals surface area contributed by atoms with E-state index in [2.05, 4.69) is 26.0 Å². The van der Waals surface area contributed by atoms with Gasteiger partial charge in [-0.2, -0.15) is 0 Å². The second-order valence-corrected chi connectivity index (χ2v) is 7.53. The monoisotopic (exact) mass is 346 g/mol. The number of sulfonamides is 1. The smallest absolute Gasteiger partial charge is 0.241 e. The lowest BCUT2D eigenvalue weighted by atomic mass is 9.86. The van der Waals surface area contributed by atoms with E-state index in [9.17, 15) is 8.42 Å². The quantitative estimate of drug-likeness (QED) is 0.830. The van der Waals surface area contributed by atoms with E-state index in [-0.39, 0.29) is 0 Å². The van der Waals surface area contributed by atoms with Crippen molar-refractivity contribution in [3.05, 3.63) is 28.2 Å². The number of benzene rings is 1. The molecule has 0 aromatic heterocycles. The Bertz CT molecular complexity index is 542. The van der Waals surface area contributed by atoms with Crippen molar-refractivity contribution in [1.29, 1.82) is 0 Å². The Hall–Kier alpha value is -0.430. The maximum absolute atomic E-state index is 12.2. The molecule has 0 saturated heterocycles. The molecule has 2 N–H and O–H groups in total. The Balaban J connectivity index is 2.10. The van der Waals surface area contributed by atoms with Crippen molar-refractivity contribution >= 4 is 26.0 Å². The third-order valence-corrected chi connectivity index (χ3v) is 5.85. The van der Waals surface area contributed by atoms with Crippen LogP contribution >= 0.6 is 15.9 Å². The van der Waals surface area contributed by atoms with Gasteiger partial charge in [-0.05, 0) is 59.4 Å². The lowest BCUT2D eigenvalue weighted by Gasteiger charge is -2.25. The zero-order valence-corrected chi connectivity index (χ0v) is 13.4. The number of nitrogens with one attached hydrogen (secondary N) is 2. The lowest BCUT2D eigenvalue weighted by Crippen LogP contribution is -2.32. The van der Waals surface area contributed by atoms with Gasteiger partial charge in [-0.1, -0.05) is 12.5 Å². The molecule has 2 rings (SSSR count). The minimum atomic E-state index is -3.41. The molecule has 1 aliphatic carbocycles. The van der Waals surface area contributed by atoms with E-state index in [1.165, 1.54) is 6.42 Å². The number of halogens is 1.